The van der Waals surface area contributed by atoms with Crippen LogP contribution < -0.4 is 0 Å². The van der Waals surface area contributed by atoms with Crippen molar-refractivity contribution < 1.29 is 28.6 Å². The molecule has 0 aromatic heterocycles. The van der Waals surface area contributed by atoms with Gasteiger partial charge in [0.1, 0.15) is 13.2 Å². The Labute approximate surface area is 489 Å². The Morgan fingerprint density at radius 3 is 0.823 bits per heavy atom. The van der Waals surface area contributed by atoms with E-state index in [9.17, 15) is 14.4 Å². The molecular formula is C73H124O6. The van der Waals surface area contributed by atoms with Crippen LogP contribution in [0, 0.1) is 0 Å². The second-order valence-corrected chi connectivity index (χ2v) is 22.0. The van der Waals surface area contributed by atoms with Crippen molar-refractivity contribution in [1.82, 2.24) is 0 Å². The molecule has 0 rings (SSSR count). The summed E-state index contributed by atoms with van der Waals surface area (Å²) in [7, 11) is 0. The molecule has 0 aromatic rings. The van der Waals surface area contributed by atoms with Gasteiger partial charge < -0.3 is 14.2 Å². The van der Waals surface area contributed by atoms with Crippen LogP contribution in [-0.2, 0) is 28.6 Å². The van der Waals surface area contributed by atoms with E-state index in [1.165, 1.54) is 167 Å². The molecule has 6 nitrogen and oxygen atoms in total. The van der Waals surface area contributed by atoms with Gasteiger partial charge in [0, 0.05) is 19.3 Å². The molecule has 0 radical (unpaired) electrons. The lowest BCUT2D eigenvalue weighted by molar-refractivity contribution is -0.167. The summed E-state index contributed by atoms with van der Waals surface area (Å²) in [6.07, 6.45) is 91.2. The van der Waals surface area contributed by atoms with E-state index in [0.717, 1.165) is 103 Å². The van der Waals surface area contributed by atoms with Gasteiger partial charge in [-0.15, -0.1) is 0 Å². The third kappa shape index (κ3) is 64.8. The summed E-state index contributed by atoms with van der Waals surface area (Å²) in [5, 5.41) is 0. The zero-order valence-corrected chi connectivity index (χ0v) is 51.9. The van der Waals surface area contributed by atoms with Crippen LogP contribution in [-0.4, -0.2) is 37.2 Å². The minimum absolute atomic E-state index is 0.103. The van der Waals surface area contributed by atoms with Crippen LogP contribution in [0.15, 0.2) is 109 Å². The Morgan fingerprint density at radius 1 is 0.266 bits per heavy atom. The van der Waals surface area contributed by atoms with Crippen molar-refractivity contribution in [1.29, 1.82) is 0 Å². The Kier molecular flexibility index (Phi) is 63.3. The number of unbranched alkanes of at least 4 members (excludes halogenated alkanes) is 31. The summed E-state index contributed by atoms with van der Waals surface area (Å²) in [5.41, 5.74) is 0. The molecule has 0 aliphatic rings. The maximum atomic E-state index is 12.9. The average Bonchev–Trinajstić information content (AvgIpc) is 3.45. The van der Waals surface area contributed by atoms with Gasteiger partial charge in [0.15, 0.2) is 6.10 Å². The van der Waals surface area contributed by atoms with Crippen LogP contribution >= 0.6 is 0 Å². The fraction of sp³-hybridized carbons (Fsp3) is 0.712. The number of carbonyl (C=O) groups is 3. The molecule has 0 aliphatic heterocycles. The first-order valence-corrected chi connectivity index (χ1v) is 33.4. The minimum Gasteiger partial charge on any atom is -0.462 e. The molecule has 0 fully saturated rings. The van der Waals surface area contributed by atoms with Crippen LogP contribution in [0.4, 0.5) is 0 Å². The van der Waals surface area contributed by atoms with E-state index >= 15 is 0 Å². The Morgan fingerprint density at radius 2 is 0.506 bits per heavy atom. The van der Waals surface area contributed by atoms with Gasteiger partial charge in [0.05, 0.1) is 0 Å². The Bertz CT molecular complexity index is 1590. The highest BCUT2D eigenvalue weighted by molar-refractivity contribution is 5.71. The van der Waals surface area contributed by atoms with E-state index in [1.54, 1.807) is 0 Å². The standard InChI is InChI=1S/C73H124O6/c1-4-7-10-13-16-19-22-25-28-31-32-33-34-35-36-37-38-39-40-43-45-48-51-54-57-60-63-66-72(75)78-69-70(79-73(76)67-64-61-58-55-52-49-46-42-30-27-24-21-18-15-12-9-6-3)68-77-71(74)65-62-59-56-53-50-47-44-41-29-26-23-20-17-14-11-8-5-2/h8-9,11-12,17-18,20-21,26-27,29-32,46,49,55,58,70H,4-7,10,13-16,19,22-25,28,33-45,47-48,50-54,56-57,59-69H2,1-3H3/b11-8-,12-9-,20-17-,21-18-,29-26-,30-27-,32-31-,49-46-,58-55-. The maximum absolute atomic E-state index is 12.9. The SMILES string of the molecule is CC/C=C\C/C=C\C/C=C\C/C=C\C/C=C\CCCC(=O)OC(COC(=O)CCCCCCCCC/C=C\C/C=C\C/C=C\CC)COC(=O)CCCCCCCCCCCCCCCCC/C=C\CCCCCCCCCC. The quantitative estimate of drug-likeness (QED) is 0.0261. The van der Waals surface area contributed by atoms with E-state index in [4.69, 9.17) is 14.2 Å². The van der Waals surface area contributed by atoms with Crippen molar-refractivity contribution in [3.05, 3.63) is 109 Å². The first-order chi connectivity index (χ1) is 39.0. The van der Waals surface area contributed by atoms with E-state index in [2.05, 4.69) is 130 Å². The normalized spacial score (nSPS) is 12.8. The summed E-state index contributed by atoms with van der Waals surface area (Å²) >= 11 is 0. The summed E-state index contributed by atoms with van der Waals surface area (Å²) in [5.74, 6) is -0.964. The van der Waals surface area contributed by atoms with Crippen LogP contribution in [0.3, 0.4) is 0 Å². The zero-order chi connectivity index (χ0) is 57.1. The number of hydrogen-bond donors (Lipinski definition) is 0. The van der Waals surface area contributed by atoms with Gasteiger partial charge in [-0.2, -0.15) is 0 Å². The summed E-state index contributed by atoms with van der Waals surface area (Å²) in [6, 6.07) is 0. The van der Waals surface area contributed by atoms with Gasteiger partial charge in [0.2, 0.25) is 0 Å². The lowest BCUT2D eigenvalue weighted by Gasteiger charge is -2.18. The number of hydrogen-bond acceptors (Lipinski definition) is 6. The molecular weight excluding hydrogens is 973 g/mol. The highest BCUT2D eigenvalue weighted by Crippen LogP contribution is 2.17. The van der Waals surface area contributed by atoms with Gasteiger partial charge in [0.25, 0.3) is 0 Å². The van der Waals surface area contributed by atoms with Gasteiger partial charge in [-0.05, 0) is 116 Å². The highest BCUT2D eigenvalue weighted by Gasteiger charge is 2.19. The van der Waals surface area contributed by atoms with Gasteiger partial charge in [-0.3, -0.25) is 14.4 Å². The molecule has 0 bridgehead atoms. The van der Waals surface area contributed by atoms with Crippen LogP contribution in [0.5, 0.6) is 0 Å². The Hall–Kier alpha value is -3.93. The topological polar surface area (TPSA) is 78.9 Å². The molecule has 1 atom stereocenters. The largest absolute Gasteiger partial charge is 0.462 e. The second-order valence-electron chi connectivity index (χ2n) is 22.0. The van der Waals surface area contributed by atoms with Crippen molar-refractivity contribution in [2.75, 3.05) is 13.2 Å². The molecule has 0 aliphatic carbocycles. The van der Waals surface area contributed by atoms with E-state index in [-0.39, 0.29) is 37.5 Å². The predicted molar refractivity (Wildman–Crippen MR) is 343 cm³/mol. The number of esters is 3. The molecule has 0 spiro atoms. The van der Waals surface area contributed by atoms with Crippen molar-refractivity contribution >= 4 is 17.9 Å². The first kappa shape index (κ1) is 75.1. The van der Waals surface area contributed by atoms with Crippen molar-refractivity contribution in [3.63, 3.8) is 0 Å². The highest BCUT2D eigenvalue weighted by atomic mass is 16.6. The molecule has 0 N–H and O–H groups in total. The molecule has 0 aromatic carbocycles. The molecule has 452 valence electrons. The lowest BCUT2D eigenvalue weighted by Crippen LogP contribution is -2.30. The van der Waals surface area contributed by atoms with E-state index < -0.39 is 6.10 Å². The molecule has 0 heterocycles. The fourth-order valence-corrected chi connectivity index (χ4v) is 9.31. The van der Waals surface area contributed by atoms with E-state index in [0.29, 0.717) is 19.3 Å². The zero-order valence-electron chi connectivity index (χ0n) is 51.9. The van der Waals surface area contributed by atoms with Crippen molar-refractivity contribution in [2.45, 2.75) is 322 Å². The number of ether oxygens (including phenoxy) is 3. The van der Waals surface area contributed by atoms with E-state index in [1.807, 2.05) is 0 Å². The monoisotopic (exact) mass is 1100 g/mol. The van der Waals surface area contributed by atoms with Crippen LogP contribution in [0.25, 0.3) is 0 Å². The summed E-state index contributed by atoms with van der Waals surface area (Å²) < 4.78 is 16.9. The maximum Gasteiger partial charge on any atom is 0.306 e. The summed E-state index contributed by atoms with van der Waals surface area (Å²) in [6.45, 7) is 6.39. The molecule has 0 saturated carbocycles. The van der Waals surface area contributed by atoms with Crippen LogP contribution in [0.1, 0.15) is 316 Å². The van der Waals surface area contributed by atoms with Crippen LogP contribution in [0.2, 0.25) is 0 Å². The van der Waals surface area contributed by atoms with Crippen molar-refractivity contribution in [2.24, 2.45) is 0 Å². The molecule has 6 heteroatoms. The molecule has 1 unspecified atom stereocenters. The smallest absolute Gasteiger partial charge is 0.306 e. The third-order valence-electron chi connectivity index (χ3n) is 14.2. The predicted octanol–water partition coefficient (Wildman–Crippen LogP) is 23.0. The lowest BCUT2D eigenvalue weighted by atomic mass is 10.0. The van der Waals surface area contributed by atoms with Gasteiger partial charge in [-0.25, -0.2) is 0 Å². The van der Waals surface area contributed by atoms with Gasteiger partial charge in [-0.1, -0.05) is 291 Å². The first-order valence-electron chi connectivity index (χ1n) is 33.4. The second kappa shape index (κ2) is 66.6. The Balaban J connectivity index is 4.35. The number of rotatable bonds is 60. The minimum atomic E-state index is -0.815. The fourth-order valence-electron chi connectivity index (χ4n) is 9.31. The molecule has 79 heavy (non-hydrogen) atoms. The average molecular weight is 1100 g/mol. The van der Waals surface area contributed by atoms with Crippen molar-refractivity contribution in [3.8, 4) is 0 Å². The summed E-state index contributed by atoms with van der Waals surface area (Å²) in [4.78, 5) is 38.3. The molecule has 0 saturated heterocycles. The number of allylic oxidation sites excluding steroid dienone is 18. The third-order valence-corrected chi connectivity index (χ3v) is 14.2. The van der Waals surface area contributed by atoms with Gasteiger partial charge >= 0.3 is 17.9 Å². The number of carbonyl (C=O) groups excluding carboxylic acids is 3. The molecule has 0 amide bonds.